The normalized spacial score (nSPS) is 27.4. The van der Waals surface area contributed by atoms with Gasteiger partial charge in [0.25, 0.3) is 0 Å². The van der Waals surface area contributed by atoms with Gasteiger partial charge in [-0.25, -0.2) is 0 Å². The van der Waals surface area contributed by atoms with Crippen molar-refractivity contribution < 1.29 is 5.11 Å². The third kappa shape index (κ3) is 4.59. The zero-order valence-corrected chi connectivity index (χ0v) is 11.2. The lowest BCUT2D eigenvalue weighted by atomic mass is 9.94. The van der Waals surface area contributed by atoms with Crippen LogP contribution >= 0.6 is 0 Å². The van der Waals surface area contributed by atoms with Crippen LogP contribution < -0.4 is 5.32 Å². The van der Waals surface area contributed by atoms with Gasteiger partial charge in [0.05, 0.1) is 5.60 Å². The molecule has 0 heterocycles. The van der Waals surface area contributed by atoms with Gasteiger partial charge in [0, 0.05) is 12.6 Å². The van der Waals surface area contributed by atoms with Crippen molar-refractivity contribution in [2.45, 2.75) is 88.7 Å². The summed E-state index contributed by atoms with van der Waals surface area (Å²) in [5.74, 6) is 0. The maximum Gasteiger partial charge on any atom is 0.0771 e. The van der Waals surface area contributed by atoms with Crippen molar-refractivity contribution in [1.82, 2.24) is 5.32 Å². The smallest absolute Gasteiger partial charge is 0.0771 e. The summed E-state index contributed by atoms with van der Waals surface area (Å²) in [5, 5.41) is 14.2. The van der Waals surface area contributed by atoms with E-state index in [2.05, 4.69) is 5.32 Å². The Hall–Kier alpha value is -0.0800. The third-order valence-electron chi connectivity index (χ3n) is 4.61. The lowest BCUT2D eigenvalue weighted by molar-refractivity contribution is 0.0222. The monoisotopic (exact) mass is 239 g/mol. The molecule has 0 spiro atoms. The lowest BCUT2D eigenvalue weighted by Gasteiger charge is -2.29. The van der Waals surface area contributed by atoms with Crippen LogP contribution in [-0.4, -0.2) is 23.3 Å². The highest BCUT2D eigenvalue weighted by Gasteiger charge is 2.28. The predicted octanol–water partition coefficient (Wildman–Crippen LogP) is 3.38. The molecule has 0 atom stereocenters. The second kappa shape index (κ2) is 6.75. The van der Waals surface area contributed by atoms with E-state index in [0.29, 0.717) is 6.04 Å². The molecule has 0 aromatic heterocycles. The molecule has 2 aliphatic rings. The quantitative estimate of drug-likeness (QED) is 0.740. The Labute approximate surface area is 106 Å². The van der Waals surface area contributed by atoms with Gasteiger partial charge in [0.1, 0.15) is 0 Å². The van der Waals surface area contributed by atoms with Crippen LogP contribution in [0.3, 0.4) is 0 Å². The lowest BCUT2D eigenvalue weighted by Crippen LogP contribution is -2.44. The average Bonchev–Trinajstić information content (AvgIpc) is 2.69. The Morgan fingerprint density at radius 3 is 1.94 bits per heavy atom. The van der Waals surface area contributed by atoms with Crippen LogP contribution in [-0.2, 0) is 0 Å². The van der Waals surface area contributed by atoms with Crippen molar-refractivity contribution in [3.8, 4) is 0 Å². The molecule has 2 rings (SSSR count). The van der Waals surface area contributed by atoms with Crippen molar-refractivity contribution in [2.75, 3.05) is 6.54 Å². The highest BCUT2D eigenvalue weighted by atomic mass is 16.3. The van der Waals surface area contributed by atoms with Gasteiger partial charge in [-0.15, -0.1) is 0 Å². The summed E-state index contributed by atoms with van der Waals surface area (Å²) in [7, 11) is 0. The van der Waals surface area contributed by atoms with E-state index >= 15 is 0 Å². The first-order valence-electron chi connectivity index (χ1n) is 7.74. The number of nitrogens with one attached hydrogen (secondary N) is 1. The number of hydrogen-bond donors (Lipinski definition) is 2. The maximum absolute atomic E-state index is 10.6. The van der Waals surface area contributed by atoms with E-state index in [0.717, 1.165) is 19.4 Å². The zero-order chi connectivity index (χ0) is 12.0. The van der Waals surface area contributed by atoms with E-state index in [1.165, 1.54) is 64.2 Å². The maximum atomic E-state index is 10.6. The molecule has 2 saturated carbocycles. The SMILES string of the molecule is OC1(CNC2CCCCCC2)CCCCCC1. The van der Waals surface area contributed by atoms with Crippen molar-refractivity contribution in [3.05, 3.63) is 0 Å². The van der Waals surface area contributed by atoms with Crippen LogP contribution in [0.1, 0.15) is 77.0 Å². The molecular formula is C15H29NO. The second-order valence-electron chi connectivity index (χ2n) is 6.21. The van der Waals surface area contributed by atoms with Gasteiger partial charge in [-0.3, -0.25) is 0 Å². The summed E-state index contributed by atoms with van der Waals surface area (Å²) < 4.78 is 0. The van der Waals surface area contributed by atoms with Crippen LogP contribution in [0.2, 0.25) is 0 Å². The van der Waals surface area contributed by atoms with Crippen LogP contribution in [0.25, 0.3) is 0 Å². The minimum Gasteiger partial charge on any atom is -0.389 e. The van der Waals surface area contributed by atoms with Gasteiger partial charge >= 0.3 is 0 Å². The summed E-state index contributed by atoms with van der Waals surface area (Å²) in [6, 6.07) is 0.671. The van der Waals surface area contributed by atoms with Gasteiger partial charge in [-0.2, -0.15) is 0 Å². The number of rotatable bonds is 3. The van der Waals surface area contributed by atoms with Gasteiger partial charge in [0.2, 0.25) is 0 Å². The summed E-state index contributed by atoms with van der Waals surface area (Å²) in [5.41, 5.74) is -0.400. The standard InChI is InChI=1S/C15H29NO/c17-15(11-7-3-4-8-12-15)13-16-14-9-5-1-2-6-10-14/h14,16-17H,1-13H2. The van der Waals surface area contributed by atoms with E-state index in [9.17, 15) is 5.11 Å². The van der Waals surface area contributed by atoms with Crippen molar-refractivity contribution in [2.24, 2.45) is 0 Å². The van der Waals surface area contributed by atoms with E-state index in [4.69, 9.17) is 0 Å². The van der Waals surface area contributed by atoms with Gasteiger partial charge < -0.3 is 10.4 Å². The first-order valence-corrected chi connectivity index (χ1v) is 7.74. The van der Waals surface area contributed by atoms with Crippen LogP contribution in [0, 0.1) is 0 Å². The van der Waals surface area contributed by atoms with Gasteiger partial charge in [-0.1, -0.05) is 51.4 Å². The van der Waals surface area contributed by atoms with Crippen molar-refractivity contribution in [3.63, 3.8) is 0 Å². The predicted molar refractivity (Wildman–Crippen MR) is 72.1 cm³/mol. The van der Waals surface area contributed by atoms with Gasteiger partial charge in [-0.05, 0) is 25.7 Å². The average molecular weight is 239 g/mol. The topological polar surface area (TPSA) is 32.3 Å². The summed E-state index contributed by atoms with van der Waals surface area (Å²) >= 11 is 0. The second-order valence-corrected chi connectivity index (χ2v) is 6.21. The fourth-order valence-electron chi connectivity index (χ4n) is 3.38. The van der Waals surface area contributed by atoms with Crippen LogP contribution in [0.4, 0.5) is 0 Å². The fraction of sp³-hybridized carbons (Fsp3) is 1.00. The Bertz CT molecular complexity index is 201. The molecule has 2 heteroatoms. The molecule has 0 unspecified atom stereocenters. The molecule has 0 aromatic carbocycles. The zero-order valence-electron chi connectivity index (χ0n) is 11.2. The molecule has 0 aliphatic heterocycles. The Morgan fingerprint density at radius 2 is 1.35 bits per heavy atom. The Kier molecular flexibility index (Phi) is 5.30. The largest absolute Gasteiger partial charge is 0.389 e. The Morgan fingerprint density at radius 1 is 0.824 bits per heavy atom. The van der Waals surface area contributed by atoms with Crippen molar-refractivity contribution in [1.29, 1.82) is 0 Å². The minimum atomic E-state index is -0.400. The summed E-state index contributed by atoms with van der Waals surface area (Å²) in [6.45, 7) is 0.831. The van der Waals surface area contributed by atoms with Crippen molar-refractivity contribution >= 4 is 0 Å². The highest BCUT2D eigenvalue weighted by Crippen LogP contribution is 2.27. The molecular weight excluding hydrogens is 210 g/mol. The molecule has 2 nitrogen and oxygen atoms in total. The Balaban J connectivity index is 1.74. The third-order valence-corrected chi connectivity index (χ3v) is 4.61. The summed E-state index contributed by atoms with van der Waals surface area (Å²) in [6.07, 6.45) is 15.2. The molecule has 2 aliphatic carbocycles. The minimum absolute atomic E-state index is 0.400. The number of hydrogen-bond acceptors (Lipinski definition) is 2. The summed E-state index contributed by atoms with van der Waals surface area (Å²) in [4.78, 5) is 0. The molecule has 0 saturated heterocycles. The molecule has 17 heavy (non-hydrogen) atoms. The molecule has 2 N–H and O–H groups in total. The fourth-order valence-corrected chi connectivity index (χ4v) is 3.38. The first-order chi connectivity index (χ1) is 8.29. The van der Waals surface area contributed by atoms with E-state index < -0.39 is 5.60 Å². The van der Waals surface area contributed by atoms with E-state index in [1.807, 2.05) is 0 Å². The van der Waals surface area contributed by atoms with Gasteiger partial charge in [0.15, 0.2) is 0 Å². The molecule has 0 radical (unpaired) electrons. The molecule has 100 valence electrons. The van der Waals surface area contributed by atoms with Crippen LogP contribution in [0.15, 0.2) is 0 Å². The van der Waals surface area contributed by atoms with E-state index in [-0.39, 0.29) is 0 Å². The molecule has 0 aromatic rings. The van der Waals surface area contributed by atoms with Crippen LogP contribution in [0.5, 0.6) is 0 Å². The van der Waals surface area contributed by atoms with E-state index in [1.54, 1.807) is 0 Å². The number of aliphatic hydroxyl groups is 1. The highest BCUT2D eigenvalue weighted by molar-refractivity contribution is 4.85. The molecule has 2 fully saturated rings. The molecule has 0 amide bonds. The molecule has 0 bridgehead atoms. The first kappa shape index (κ1) is 13.4.